The van der Waals surface area contributed by atoms with Crippen molar-refractivity contribution in [3.8, 4) is 5.75 Å². The standard InChI is InChI=1S/C16H24OSi/c1-7-8-9-14-10-12-15(13-11-14)17-18(5,6)16(2,3)4/h7-13H,1H2,2-6H3. The Bertz CT molecular complexity index is 421. The van der Waals surface area contributed by atoms with Crippen LogP contribution in [-0.2, 0) is 0 Å². The van der Waals surface area contributed by atoms with Gasteiger partial charge in [0.25, 0.3) is 0 Å². The van der Waals surface area contributed by atoms with Crippen molar-refractivity contribution in [3.05, 3.63) is 48.6 Å². The Morgan fingerprint density at radius 2 is 1.67 bits per heavy atom. The molecule has 0 saturated carbocycles. The minimum Gasteiger partial charge on any atom is -0.544 e. The summed E-state index contributed by atoms with van der Waals surface area (Å²) in [6.07, 6.45) is 5.74. The molecule has 0 radical (unpaired) electrons. The Morgan fingerprint density at radius 3 is 2.11 bits per heavy atom. The van der Waals surface area contributed by atoms with Crippen molar-refractivity contribution < 1.29 is 4.43 Å². The minimum atomic E-state index is -1.72. The molecule has 0 aliphatic heterocycles. The number of benzene rings is 1. The van der Waals surface area contributed by atoms with E-state index in [-0.39, 0.29) is 5.04 Å². The van der Waals surface area contributed by atoms with Gasteiger partial charge in [-0.15, -0.1) is 0 Å². The lowest BCUT2D eigenvalue weighted by Gasteiger charge is -2.36. The van der Waals surface area contributed by atoms with E-state index < -0.39 is 8.32 Å². The quantitative estimate of drug-likeness (QED) is 0.529. The first-order chi connectivity index (χ1) is 8.26. The first-order valence-corrected chi connectivity index (χ1v) is 9.25. The van der Waals surface area contributed by atoms with Gasteiger partial charge in [0.15, 0.2) is 0 Å². The highest BCUT2D eigenvalue weighted by Gasteiger charge is 2.38. The van der Waals surface area contributed by atoms with Gasteiger partial charge in [-0.25, -0.2) is 0 Å². The van der Waals surface area contributed by atoms with E-state index in [9.17, 15) is 0 Å². The molecule has 0 heterocycles. The van der Waals surface area contributed by atoms with Crippen LogP contribution >= 0.6 is 0 Å². The normalized spacial score (nSPS) is 12.7. The minimum absolute atomic E-state index is 0.231. The predicted molar refractivity (Wildman–Crippen MR) is 83.5 cm³/mol. The molecule has 0 unspecified atom stereocenters. The van der Waals surface area contributed by atoms with Crippen LogP contribution < -0.4 is 4.43 Å². The van der Waals surface area contributed by atoms with Crippen molar-refractivity contribution in [2.45, 2.75) is 38.9 Å². The van der Waals surface area contributed by atoms with Crippen LogP contribution in [0, 0.1) is 0 Å². The average molecular weight is 260 g/mol. The van der Waals surface area contributed by atoms with Crippen LogP contribution in [0.1, 0.15) is 26.3 Å². The molecule has 1 nitrogen and oxygen atoms in total. The third-order valence-corrected chi connectivity index (χ3v) is 7.84. The summed E-state index contributed by atoms with van der Waals surface area (Å²) in [6, 6.07) is 8.23. The van der Waals surface area contributed by atoms with Gasteiger partial charge >= 0.3 is 0 Å². The molecular formula is C16H24OSi. The van der Waals surface area contributed by atoms with E-state index in [1.54, 1.807) is 6.08 Å². The van der Waals surface area contributed by atoms with Gasteiger partial charge in [0.05, 0.1) is 0 Å². The maximum absolute atomic E-state index is 6.22. The third kappa shape index (κ3) is 3.88. The lowest BCUT2D eigenvalue weighted by Crippen LogP contribution is -2.43. The van der Waals surface area contributed by atoms with E-state index in [1.165, 1.54) is 0 Å². The number of allylic oxidation sites excluding steroid dienone is 2. The van der Waals surface area contributed by atoms with E-state index in [0.29, 0.717) is 0 Å². The second-order valence-corrected chi connectivity index (χ2v) is 10.8. The molecule has 0 N–H and O–H groups in total. The van der Waals surface area contributed by atoms with E-state index in [1.807, 2.05) is 24.3 Å². The lowest BCUT2D eigenvalue weighted by atomic mass is 10.2. The molecule has 98 valence electrons. The molecule has 0 fully saturated rings. The van der Waals surface area contributed by atoms with Crippen LogP contribution in [-0.4, -0.2) is 8.32 Å². The SMILES string of the molecule is C=CC=Cc1ccc(O[Si](C)(C)C(C)(C)C)cc1. The largest absolute Gasteiger partial charge is 0.544 e. The number of hydrogen-bond donors (Lipinski definition) is 0. The second-order valence-electron chi connectivity index (χ2n) is 6.03. The summed E-state index contributed by atoms with van der Waals surface area (Å²) in [7, 11) is -1.72. The number of rotatable bonds is 4. The van der Waals surface area contributed by atoms with Crippen molar-refractivity contribution in [2.24, 2.45) is 0 Å². The summed E-state index contributed by atoms with van der Waals surface area (Å²) >= 11 is 0. The van der Waals surface area contributed by atoms with Crippen LogP contribution in [0.3, 0.4) is 0 Å². The molecule has 0 aliphatic carbocycles. The molecule has 2 heteroatoms. The Labute approximate surface area is 112 Å². The Hall–Kier alpha value is -1.28. The first-order valence-electron chi connectivity index (χ1n) is 6.34. The zero-order valence-corrected chi connectivity index (χ0v) is 13.2. The predicted octanol–water partition coefficient (Wildman–Crippen LogP) is 5.27. The van der Waals surface area contributed by atoms with Crippen LogP contribution in [0.25, 0.3) is 6.08 Å². The fourth-order valence-corrected chi connectivity index (χ4v) is 2.31. The highest BCUT2D eigenvalue weighted by Crippen LogP contribution is 2.37. The maximum Gasteiger partial charge on any atom is 0.250 e. The fraction of sp³-hybridized carbons (Fsp3) is 0.375. The Kier molecular flexibility index (Phi) is 4.57. The van der Waals surface area contributed by atoms with Gasteiger partial charge in [-0.1, -0.05) is 57.7 Å². The number of hydrogen-bond acceptors (Lipinski definition) is 1. The summed E-state index contributed by atoms with van der Waals surface area (Å²) in [5.74, 6) is 0.970. The summed E-state index contributed by atoms with van der Waals surface area (Å²) in [4.78, 5) is 0. The average Bonchev–Trinajstić information content (AvgIpc) is 2.26. The summed E-state index contributed by atoms with van der Waals surface area (Å²) < 4.78 is 6.22. The van der Waals surface area contributed by atoms with E-state index in [4.69, 9.17) is 4.43 Å². The molecule has 0 spiro atoms. The molecule has 1 aromatic carbocycles. The van der Waals surface area contributed by atoms with Crippen molar-refractivity contribution >= 4 is 14.4 Å². The first kappa shape index (κ1) is 14.8. The highest BCUT2D eigenvalue weighted by molar-refractivity contribution is 6.74. The molecule has 1 aromatic rings. The maximum atomic E-state index is 6.22. The van der Waals surface area contributed by atoms with E-state index >= 15 is 0 Å². The fourth-order valence-electron chi connectivity index (χ4n) is 1.27. The van der Waals surface area contributed by atoms with Crippen LogP contribution in [0.15, 0.2) is 43.0 Å². The molecule has 0 saturated heterocycles. The zero-order valence-electron chi connectivity index (χ0n) is 12.2. The third-order valence-electron chi connectivity index (χ3n) is 3.48. The van der Waals surface area contributed by atoms with Gasteiger partial charge in [-0.2, -0.15) is 0 Å². The van der Waals surface area contributed by atoms with Crippen LogP contribution in [0.5, 0.6) is 5.75 Å². The van der Waals surface area contributed by atoms with Gasteiger partial charge in [-0.3, -0.25) is 0 Å². The second kappa shape index (κ2) is 5.57. The smallest absolute Gasteiger partial charge is 0.250 e. The van der Waals surface area contributed by atoms with Crippen molar-refractivity contribution in [1.82, 2.24) is 0 Å². The lowest BCUT2D eigenvalue weighted by molar-refractivity contribution is 0.492. The molecule has 0 aromatic heterocycles. The molecule has 0 aliphatic rings. The summed E-state index contributed by atoms with van der Waals surface area (Å²) in [5.41, 5.74) is 1.16. The molecule has 0 bridgehead atoms. The van der Waals surface area contributed by atoms with Gasteiger partial charge in [0.1, 0.15) is 5.75 Å². The Morgan fingerprint density at radius 1 is 1.11 bits per heavy atom. The topological polar surface area (TPSA) is 9.23 Å². The molecule has 0 atom stereocenters. The van der Waals surface area contributed by atoms with Gasteiger partial charge < -0.3 is 4.43 Å². The molecular weight excluding hydrogens is 236 g/mol. The van der Waals surface area contributed by atoms with Gasteiger partial charge in [-0.05, 0) is 35.8 Å². The summed E-state index contributed by atoms with van der Waals surface area (Å²) in [5, 5.41) is 0.231. The van der Waals surface area contributed by atoms with Gasteiger partial charge in [0, 0.05) is 0 Å². The molecule has 18 heavy (non-hydrogen) atoms. The zero-order chi connectivity index (χ0) is 13.8. The van der Waals surface area contributed by atoms with Gasteiger partial charge in [0.2, 0.25) is 8.32 Å². The monoisotopic (exact) mass is 260 g/mol. The Balaban J connectivity index is 2.81. The molecule has 1 rings (SSSR count). The van der Waals surface area contributed by atoms with Crippen molar-refractivity contribution in [3.63, 3.8) is 0 Å². The van der Waals surface area contributed by atoms with E-state index in [0.717, 1.165) is 11.3 Å². The van der Waals surface area contributed by atoms with Crippen LogP contribution in [0.4, 0.5) is 0 Å². The van der Waals surface area contributed by atoms with Crippen molar-refractivity contribution in [2.75, 3.05) is 0 Å². The van der Waals surface area contributed by atoms with E-state index in [2.05, 4.69) is 52.6 Å². The highest BCUT2D eigenvalue weighted by atomic mass is 28.4. The molecule has 0 amide bonds. The van der Waals surface area contributed by atoms with Crippen LogP contribution in [0.2, 0.25) is 18.1 Å². The summed E-state index contributed by atoms with van der Waals surface area (Å²) in [6.45, 7) is 14.9. The van der Waals surface area contributed by atoms with Crippen molar-refractivity contribution in [1.29, 1.82) is 0 Å².